The van der Waals surface area contributed by atoms with Crippen molar-refractivity contribution in [2.75, 3.05) is 13.2 Å². The number of urea groups is 1. The molecule has 0 spiro atoms. The molecule has 1 aliphatic heterocycles. The third-order valence-electron chi connectivity index (χ3n) is 3.81. The number of rotatable bonds is 3. The summed E-state index contributed by atoms with van der Waals surface area (Å²) in [7, 11) is 0. The van der Waals surface area contributed by atoms with Gasteiger partial charge in [-0.25, -0.2) is 4.79 Å². The first-order valence-electron chi connectivity index (χ1n) is 6.84. The standard InChI is InChI=1S/C13H21N3O2/c14-8-12(10-4-2-1-3-5-10)16-13(17)15-11-6-7-18-9-11/h10-12H,1-7,9H2,(H2,15,16,17). The number of nitriles is 1. The third kappa shape index (κ3) is 3.61. The molecule has 0 aromatic carbocycles. The molecule has 1 aliphatic carbocycles. The molecule has 100 valence electrons. The summed E-state index contributed by atoms with van der Waals surface area (Å²) < 4.78 is 5.20. The Morgan fingerprint density at radius 2 is 2.06 bits per heavy atom. The lowest BCUT2D eigenvalue weighted by molar-refractivity contribution is 0.187. The van der Waals surface area contributed by atoms with Crippen molar-refractivity contribution >= 4 is 6.03 Å². The number of hydrogen-bond acceptors (Lipinski definition) is 3. The van der Waals surface area contributed by atoms with E-state index >= 15 is 0 Å². The van der Waals surface area contributed by atoms with Gasteiger partial charge in [-0.1, -0.05) is 19.3 Å². The minimum absolute atomic E-state index is 0.0932. The smallest absolute Gasteiger partial charge is 0.316 e. The summed E-state index contributed by atoms with van der Waals surface area (Å²) in [5.74, 6) is 0.314. The summed E-state index contributed by atoms with van der Waals surface area (Å²) in [5, 5.41) is 14.8. The van der Waals surface area contributed by atoms with E-state index in [1.165, 1.54) is 19.3 Å². The Morgan fingerprint density at radius 1 is 1.28 bits per heavy atom. The second kappa shape index (κ2) is 6.60. The predicted octanol–water partition coefficient (Wildman–Crippen LogP) is 1.55. The number of carbonyl (C=O) groups excluding carboxylic acids is 1. The molecule has 5 heteroatoms. The molecule has 2 aliphatic rings. The predicted molar refractivity (Wildman–Crippen MR) is 66.9 cm³/mol. The van der Waals surface area contributed by atoms with Crippen LogP contribution in [0.4, 0.5) is 4.79 Å². The van der Waals surface area contributed by atoms with Crippen molar-refractivity contribution in [2.45, 2.75) is 50.6 Å². The van der Waals surface area contributed by atoms with E-state index in [1.807, 2.05) is 0 Å². The lowest BCUT2D eigenvalue weighted by Crippen LogP contribution is -2.48. The normalized spacial score (nSPS) is 26.3. The van der Waals surface area contributed by atoms with E-state index in [1.54, 1.807) is 0 Å². The summed E-state index contributed by atoms with van der Waals surface area (Å²) in [6.07, 6.45) is 6.54. The summed E-state index contributed by atoms with van der Waals surface area (Å²) in [6.45, 7) is 1.28. The third-order valence-corrected chi connectivity index (χ3v) is 3.81. The second-order valence-corrected chi connectivity index (χ2v) is 5.18. The number of nitrogens with one attached hydrogen (secondary N) is 2. The molecule has 2 atom stereocenters. The largest absolute Gasteiger partial charge is 0.379 e. The lowest BCUT2D eigenvalue weighted by Gasteiger charge is -2.26. The van der Waals surface area contributed by atoms with Crippen LogP contribution in [0.5, 0.6) is 0 Å². The van der Waals surface area contributed by atoms with Gasteiger partial charge in [0.15, 0.2) is 0 Å². The Morgan fingerprint density at radius 3 is 2.67 bits per heavy atom. The molecule has 2 N–H and O–H groups in total. The molecular formula is C13H21N3O2. The minimum Gasteiger partial charge on any atom is -0.379 e. The molecule has 2 unspecified atom stereocenters. The molecule has 0 aromatic heterocycles. The van der Waals surface area contributed by atoms with Crippen molar-refractivity contribution in [3.05, 3.63) is 0 Å². The molecule has 1 saturated carbocycles. The topological polar surface area (TPSA) is 74.2 Å². The van der Waals surface area contributed by atoms with Crippen LogP contribution in [-0.4, -0.2) is 31.3 Å². The van der Waals surface area contributed by atoms with E-state index in [4.69, 9.17) is 4.74 Å². The van der Waals surface area contributed by atoms with Gasteiger partial charge >= 0.3 is 6.03 Å². The Labute approximate surface area is 108 Å². The highest BCUT2D eigenvalue weighted by Crippen LogP contribution is 2.26. The van der Waals surface area contributed by atoms with Crippen molar-refractivity contribution in [3.63, 3.8) is 0 Å². The second-order valence-electron chi connectivity index (χ2n) is 5.18. The number of amides is 2. The zero-order chi connectivity index (χ0) is 12.8. The Balaban J connectivity index is 1.77. The SMILES string of the molecule is N#CC(NC(=O)NC1CCOC1)C1CCCCC1. The Bertz CT molecular complexity index is 315. The van der Waals surface area contributed by atoms with E-state index in [0.29, 0.717) is 19.1 Å². The van der Waals surface area contributed by atoms with Gasteiger partial charge < -0.3 is 15.4 Å². The van der Waals surface area contributed by atoms with Gasteiger partial charge in [0.2, 0.25) is 0 Å². The fourth-order valence-corrected chi connectivity index (χ4v) is 2.74. The molecule has 5 nitrogen and oxygen atoms in total. The van der Waals surface area contributed by atoms with Crippen LogP contribution in [0.3, 0.4) is 0 Å². The van der Waals surface area contributed by atoms with Crippen LogP contribution < -0.4 is 10.6 Å². The van der Waals surface area contributed by atoms with E-state index in [9.17, 15) is 10.1 Å². The fraction of sp³-hybridized carbons (Fsp3) is 0.846. The molecule has 1 heterocycles. The van der Waals surface area contributed by atoms with E-state index < -0.39 is 0 Å². The van der Waals surface area contributed by atoms with Gasteiger partial charge in [-0.05, 0) is 25.2 Å². The van der Waals surface area contributed by atoms with Crippen molar-refractivity contribution in [3.8, 4) is 6.07 Å². The highest BCUT2D eigenvalue weighted by Gasteiger charge is 2.26. The van der Waals surface area contributed by atoms with Crippen LogP contribution in [-0.2, 0) is 4.74 Å². The van der Waals surface area contributed by atoms with Gasteiger partial charge in [-0.15, -0.1) is 0 Å². The lowest BCUT2D eigenvalue weighted by atomic mass is 9.84. The van der Waals surface area contributed by atoms with Gasteiger partial charge in [0.05, 0.1) is 18.7 Å². The summed E-state index contributed by atoms with van der Waals surface area (Å²) >= 11 is 0. The van der Waals surface area contributed by atoms with E-state index in [2.05, 4.69) is 16.7 Å². The number of ether oxygens (including phenoxy) is 1. The average molecular weight is 251 g/mol. The Hall–Kier alpha value is -1.28. The van der Waals surface area contributed by atoms with E-state index in [-0.39, 0.29) is 18.1 Å². The first kappa shape index (κ1) is 13.2. The molecule has 2 rings (SSSR count). The summed E-state index contributed by atoms with van der Waals surface area (Å²) in [6, 6.07) is 1.73. The molecule has 0 bridgehead atoms. The van der Waals surface area contributed by atoms with Crippen LogP contribution in [0, 0.1) is 17.2 Å². The molecule has 2 fully saturated rings. The van der Waals surface area contributed by atoms with Crippen molar-refractivity contribution < 1.29 is 9.53 Å². The van der Waals surface area contributed by atoms with Crippen molar-refractivity contribution in [1.82, 2.24) is 10.6 Å². The van der Waals surface area contributed by atoms with Crippen molar-refractivity contribution in [1.29, 1.82) is 5.26 Å². The van der Waals surface area contributed by atoms with Gasteiger partial charge in [0, 0.05) is 6.61 Å². The maximum atomic E-state index is 11.8. The minimum atomic E-state index is -0.354. The number of nitrogens with zero attached hydrogens (tertiary/aromatic N) is 1. The number of carbonyl (C=O) groups is 1. The molecule has 18 heavy (non-hydrogen) atoms. The van der Waals surface area contributed by atoms with Crippen LogP contribution in [0.15, 0.2) is 0 Å². The maximum Gasteiger partial charge on any atom is 0.316 e. The van der Waals surface area contributed by atoms with Gasteiger partial charge in [0.1, 0.15) is 6.04 Å². The van der Waals surface area contributed by atoms with Crippen molar-refractivity contribution in [2.24, 2.45) is 5.92 Å². The summed E-state index contributed by atoms with van der Waals surface area (Å²) in [4.78, 5) is 11.8. The van der Waals surface area contributed by atoms with E-state index in [0.717, 1.165) is 19.3 Å². The quantitative estimate of drug-likeness (QED) is 0.799. The molecule has 2 amide bonds. The first-order chi connectivity index (χ1) is 8.79. The maximum absolute atomic E-state index is 11.8. The van der Waals surface area contributed by atoms with Crippen LogP contribution in [0.25, 0.3) is 0 Å². The summed E-state index contributed by atoms with van der Waals surface area (Å²) in [5.41, 5.74) is 0. The molecule has 1 saturated heterocycles. The van der Waals surface area contributed by atoms with Gasteiger partial charge in [-0.3, -0.25) is 0 Å². The molecular weight excluding hydrogens is 230 g/mol. The van der Waals surface area contributed by atoms with Crippen LogP contribution in [0.2, 0.25) is 0 Å². The zero-order valence-corrected chi connectivity index (χ0v) is 10.7. The molecule has 0 aromatic rings. The average Bonchev–Trinajstić information content (AvgIpc) is 2.90. The first-order valence-corrected chi connectivity index (χ1v) is 6.84. The van der Waals surface area contributed by atoms with Crippen LogP contribution in [0.1, 0.15) is 38.5 Å². The van der Waals surface area contributed by atoms with Gasteiger partial charge in [-0.2, -0.15) is 5.26 Å². The van der Waals surface area contributed by atoms with Crippen LogP contribution >= 0.6 is 0 Å². The van der Waals surface area contributed by atoms with Gasteiger partial charge in [0.25, 0.3) is 0 Å². The zero-order valence-electron chi connectivity index (χ0n) is 10.7. The molecule has 0 radical (unpaired) electrons. The number of hydrogen-bond donors (Lipinski definition) is 2. The fourth-order valence-electron chi connectivity index (χ4n) is 2.74. The highest BCUT2D eigenvalue weighted by atomic mass is 16.5. The Kier molecular flexibility index (Phi) is 4.82. The highest BCUT2D eigenvalue weighted by molar-refractivity contribution is 5.75. The monoisotopic (exact) mass is 251 g/mol.